The first-order valence-corrected chi connectivity index (χ1v) is 10.0. The summed E-state index contributed by atoms with van der Waals surface area (Å²) in [5.41, 5.74) is 1.10. The first-order chi connectivity index (χ1) is 14.1. The van der Waals surface area contributed by atoms with Crippen LogP contribution in [0.4, 0.5) is 5.69 Å². The number of anilines is 1. The van der Waals surface area contributed by atoms with E-state index in [1.807, 2.05) is 18.0 Å². The van der Waals surface area contributed by atoms with Crippen LogP contribution in [0.25, 0.3) is 0 Å². The normalized spacial score (nSPS) is 14.1. The van der Waals surface area contributed by atoms with Crippen LogP contribution in [0.2, 0.25) is 0 Å². The van der Waals surface area contributed by atoms with Gasteiger partial charge in [-0.25, -0.2) is 0 Å². The number of hydrogen-bond acceptors (Lipinski definition) is 4. The van der Waals surface area contributed by atoms with Crippen molar-refractivity contribution in [3.8, 4) is 11.5 Å². The number of para-hydroxylation sites is 1. The van der Waals surface area contributed by atoms with Gasteiger partial charge in [-0.2, -0.15) is 0 Å². The third-order valence-corrected chi connectivity index (χ3v) is 5.34. The monoisotopic (exact) mass is 396 g/mol. The second kappa shape index (κ2) is 9.96. The van der Waals surface area contributed by atoms with Gasteiger partial charge < -0.3 is 19.7 Å². The maximum atomic E-state index is 12.4. The molecule has 1 N–H and O–H groups in total. The average molecular weight is 396 g/mol. The molecule has 1 aliphatic carbocycles. The number of amides is 2. The van der Waals surface area contributed by atoms with Crippen molar-refractivity contribution < 1.29 is 19.1 Å². The van der Waals surface area contributed by atoms with E-state index in [0.29, 0.717) is 28.8 Å². The quantitative estimate of drug-likeness (QED) is 0.765. The Bertz CT molecular complexity index is 829. The number of carbonyl (C=O) groups is 2. The lowest BCUT2D eigenvalue weighted by atomic mass is 9.94. The van der Waals surface area contributed by atoms with Gasteiger partial charge in [0.15, 0.2) is 6.61 Å². The minimum Gasteiger partial charge on any atom is -0.496 e. The minimum atomic E-state index is -0.250. The van der Waals surface area contributed by atoms with Gasteiger partial charge in [-0.3, -0.25) is 9.59 Å². The summed E-state index contributed by atoms with van der Waals surface area (Å²) < 4.78 is 10.9. The summed E-state index contributed by atoms with van der Waals surface area (Å²) in [7, 11) is 3.39. The van der Waals surface area contributed by atoms with Crippen LogP contribution in [0.1, 0.15) is 42.5 Å². The summed E-state index contributed by atoms with van der Waals surface area (Å²) in [6.07, 6.45) is 5.77. The first-order valence-electron chi connectivity index (χ1n) is 10.0. The molecule has 1 saturated carbocycles. The molecule has 0 spiro atoms. The van der Waals surface area contributed by atoms with Gasteiger partial charge in [0.05, 0.1) is 12.7 Å². The van der Waals surface area contributed by atoms with Gasteiger partial charge in [0, 0.05) is 18.8 Å². The van der Waals surface area contributed by atoms with Gasteiger partial charge in [0.2, 0.25) is 0 Å². The molecule has 0 aliphatic heterocycles. The van der Waals surface area contributed by atoms with Crippen molar-refractivity contribution in [3.63, 3.8) is 0 Å². The van der Waals surface area contributed by atoms with Crippen LogP contribution in [0.3, 0.4) is 0 Å². The highest BCUT2D eigenvalue weighted by molar-refractivity contribution is 6.06. The highest BCUT2D eigenvalue weighted by Gasteiger charge is 2.22. The van der Waals surface area contributed by atoms with Crippen LogP contribution in [0, 0.1) is 0 Å². The number of nitrogens with zero attached hydrogens (tertiary/aromatic N) is 1. The Labute approximate surface area is 171 Å². The molecule has 0 heterocycles. The maximum absolute atomic E-state index is 12.4. The molecule has 3 rings (SSSR count). The van der Waals surface area contributed by atoms with E-state index in [0.717, 1.165) is 12.8 Å². The number of rotatable bonds is 7. The van der Waals surface area contributed by atoms with Gasteiger partial charge in [0.25, 0.3) is 11.8 Å². The fourth-order valence-corrected chi connectivity index (χ4v) is 3.58. The van der Waals surface area contributed by atoms with Gasteiger partial charge in [0.1, 0.15) is 11.5 Å². The van der Waals surface area contributed by atoms with E-state index < -0.39 is 0 Å². The Morgan fingerprint density at radius 2 is 1.72 bits per heavy atom. The number of ether oxygens (including phenoxy) is 2. The molecule has 2 aromatic rings. The largest absolute Gasteiger partial charge is 0.496 e. The molecule has 6 heteroatoms. The predicted octanol–water partition coefficient (Wildman–Crippen LogP) is 4.12. The zero-order valence-corrected chi connectivity index (χ0v) is 17.0. The van der Waals surface area contributed by atoms with Crippen molar-refractivity contribution >= 4 is 17.5 Å². The number of methoxy groups -OCH3 is 1. The van der Waals surface area contributed by atoms with E-state index in [1.54, 1.807) is 42.5 Å². The maximum Gasteiger partial charge on any atom is 0.260 e. The van der Waals surface area contributed by atoms with E-state index in [1.165, 1.54) is 26.4 Å². The van der Waals surface area contributed by atoms with Crippen molar-refractivity contribution in [1.29, 1.82) is 0 Å². The molecule has 154 valence electrons. The number of carbonyl (C=O) groups excluding carboxylic acids is 2. The second-order valence-electron chi connectivity index (χ2n) is 7.26. The first kappa shape index (κ1) is 20.7. The molecule has 29 heavy (non-hydrogen) atoms. The summed E-state index contributed by atoms with van der Waals surface area (Å²) in [6.45, 7) is 0.0138. The van der Waals surface area contributed by atoms with Crippen molar-refractivity contribution in [3.05, 3.63) is 54.1 Å². The standard InChI is InChI=1S/C23H28N2O4/c1-25(18-8-4-3-5-9-18)22(26)16-29-19-14-12-17(13-15-19)24-23(27)20-10-6-7-11-21(20)28-2/h6-7,10-15,18H,3-5,8-9,16H2,1-2H3,(H,24,27). The van der Waals surface area contributed by atoms with Crippen LogP contribution in [0.15, 0.2) is 48.5 Å². The lowest BCUT2D eigenvalue weighted by molar-refractivity contribution is -0.134. The lowest BCUT2D eigenvalue weighted by Gasteiger charge is -2.31. The highest BCUT2D eigenvalue weighted by atomic mass is 16.5. The van der Waals surface area contributed by atoms with Gasteiger partial charge in [-0.1, -0.05) is 31.4 Å². The predicted molar refractivity (Wildman–Crippen MR) is 113 cm³/mol. The van der Waals surface area contributed by atoms with E-state index in [2.05, 4.69) is 5.32 Å². The molecular formula is C23H28N2O4. The Morgan fingerprint density at radius 1 is 1.03 bits per heavy atom. The van der Waals surface area contributed by atoms with Crippen molar-refractivity contribution in [2.75, 3.05) is 26.1 Å². The van der Waals surface area contributed by atoms with Crippen LogP contribution >= 0.6 is 0 Å². The van der Waals surface area contributed by atoms with E-state index in [-0.39, 0.29) is 18.4 Å². The Morgan fingerprint density at radius 3 is 2.41 bits per heavy atom. The van der Waals surface area contributed by atoms with Gasteiger partial charge >= 0.3 is 0 Å². The molecule has 2 amide bonds. The molecule has 0 radical (unpaired) electrons. The summed E-state index contributed by atoms with van der Waals surface area (Å²) >= 11 is 0. The van der Waals surface area contributed by atoms with E-state index >= 15 is 0 Å². The summed E-state index contributed by atoms with van der Waals surface area (Å²) in [6, 6.07) is 14.4. The topological polar surface area (TPSA) is 67.9 Å². The van der Waals surface area contributed by atoms with Gasteiger partial charge in [-0.05, 0) is 49.2 Å². The second-order valence-corrected chi connectivity index (χ2v) is 7.26. The highest BCUT2D eigenvalue weighted by Crippen LogP contribution is 2.23. The Hall–Kier alpha value is -3.02. The molecule has 1 aliphatic rings. The molecule has 1 fully saturated rings. The molecule has 2 aromatic carbocycles. The fourth-order valence-electron chi connectivity index (χ4n) is 3.58. The van der Waals surface area contributed by atoms with Crippen molar-refractivity contribution in [1.82, 2.24) is 4.90 Å². The fraction of sp³-hybridized carbons (Fsp3) is 0.391. The third-order valence-electron chi connectivity index (χ3n) is 5.34. The Balaban J connectivity index is 1.52. The SMILES string of the molecule is COc1ccccc1C(=O)Nc1ccc(OCC(=O)N(C)C2CCCCC2)cc1. The summed E-state index contributed by atoms with van der Waals surface area (Å²) in [4.78, 5) is 26.6. The van der Waals surface area contributed by atoms with E-state index in [9.17, 15) is 9.59 Å². The molecule has 6 nitrogen and oxygen atoms in total. The molecule has 0 bridgehead atoms. The van der Waals surface area contributed by atoms with Crippen molar-refractivity contribution in [2.45, 2.75) is 38.1 Å². The minimum absolute atomic E-state index is 0.00884. The summed E-state index contributed by atoms with van der Waals surface area (Å²) in [5, 5.41) is 2.84. The smallest absolute Gasteiger partial charge is 0.260 e. The number of nitrogens with one attached hydrogen (secondary N) is 1. The summed E-state index contributed by atoms with van der Waals surface area (Å²) in [5.74, 6) is 0.849. The lowest BCUT2D eigenvalue weighted by Crippen LogP contribution is -2.40. The molecule has 0 atom stereocenters. The van der Waals surface area contributed by atoms with Crippen molar-refractivity contribution in [2.24, 2.45) is 0 Å². The van der Waals surface area contributed by atoms with E-state index in [4.69, 9.17) is 9.47 Å². The van der Waals surface area contributed by atoms with Crippen LogP contribution in [0.5, 0.6) is 11.5 Å². The molecule has 0 unspecified atom stereocenters. The average Bonchev–Trinajstić information content (AvgIpc) is 2.78. The number of hydrogen-bond donors (Lipinski definition) is 1. The number of likely N-dealkylation sites (N-methyl/N-ethyl adjacent to an activating group) is 1. The van der Waals surface area contributed by atoms with Gasteiger partial charge in [-0.15, -0.1) is 0 Å². The molecular weight excluding hydrogens is 368 g/mol. The zero-order chi connectivity index (χ0) is 20.6. The molecule has 0 aromatic heterocycles. The Kier molecular flexibility index (Phi) is 7.11. The van der Waals surface area contributed by atoms with Crippen LogP contribution in [-0.2, 0) is 4.79 Å². The van der Waals surface area contributed by atoms with Crippen LogP contribution < -0.4 is 14.8 Å². The third kappa shape index (κ3) is 5.50. The number of benzene rings is 2. The van der Waals surface area contributed by atoms with Crippen LogP contribution in [-0.4, -0.2) is 43.5 Å². The zero-order valence-electron chi connectivity index (χ0n) is 17.0. The molecule has 0 saturated heterocycles.